The summed E-state index contributed by atoms with van der Waals surface area (Å²) in [6, 6.07) is 0. The third-order valence-electron chi connectivity index (χ3n) is 14.9. The second kappa shape index (κ2) is 66.4. The van der Waals surface area contributed by atoms with E-state index >= 15 is 0 Å². The van der Waals surface area contributed by atoms with Crippen LogP contribution in [-0.4, -0.2) is 37.2 Å². The predicted octanol–water partition coefficient (Wildman–Crippen LogP) is 23.3. The molecule has 0 aliphatic rings. The molecule has 0 radical (unpaired) electrons. The molecule has 0 aliphatic heterocycles. The fourth-order valence-corrected chi connectivity index (χ4v) is 9.88. The number of rotatable bonds is 62. The van der Waals surface area contributed by atoms with E-state index in [1.54, 1.807) is 0 Å². The molecular formula is C72H128O6. The van der Waals surface area contributed by atoms with Gasteiger partial charge in [0.05, 0.1) is 0 Å². The van der Waals surface area contributed by atoms with Crippen LogP contribution in [0.1, 0.15) is 348 Å². The maximum absolute atomic E-state index is 12.9. The van der Waals surface area contributed by atoms with Gasteiger partial charge in [-0.15, -0.1) is 0 Å². The Balaban J connectivity index is 4.01. The molecule has 78 heavy (non-hydrogen) atoms. The first-order valence-corrected chi connectivity index (χ1v) is 33.9. The largest absolute Gasteiger partial charge is 0.462 e. The van der Waals surface area contributed by atoms with Gasteiger partial charge in [-0.05, 0) is 89.9 Å². The van der Waals surface area contributed by atoms with Crippen LogP contribution < -0.4 is 0 Å². The molecule has 0 spiro atoms. The molecule has 452 valence electrons. The van der Waals surface area contributed by atoms with Crippen LogP contribution in [0.15, 0.2) is 72.9 Å². The molecule has 0 aromatic heterocycles. The van der Waals surface area contributed by atoms with E-state index in [-0.39, 0.29) is 31.1 Å². The lowest BCUT2D eigenvalue weighted by Crippen LogP contribution is -2.30. The average molecular weight is 1090 g/mol. The van der Waals surface area contributed by atoms with Gasteiger partial charge in [-0.25, -0.2) is 0 Å². The van der Waals surface area contributed by atoms with Gasteiger partial charge in [0.15, 0.2) is 6.10 Å². The number of esters is 3. The van der Waals surface area contributed by atoms with Gasteiger partial charge in [0.1, 0.15) is 13.2 Å². The van der Waals surface area contributed by atoms with E-state index in [9.17, 15) is 14.4 Å². The van der Waals surface area contributed by atoms with Gasteiger partial charge in [-0.3, -0.25) is 14.4 Å². The van der Waals surface area contributed by atoms with E-state index in [0.29, 0.717) is 19.3 Å². The molecule has 6 nitrogen and oxygen atoms in total. The molecule has 0 aromatic carbocycles. The van der Waals surface area contributed by atoms with Gasteiger partial charge >= 0.3 is 17.9 Å². The van der Waals surface area contributed by atoms with Crippen molar-refractivity contribution < 1.29 is 28.6 Å². The van der Waals surface area contributed by atoms with E-state index in [4.69, 9.17) is 14.2 Å². The number of ether oxygens (including phenoxy) is 3. The Morgan fingerprint density at radius 2 is 0.500 bits per heavy atom. The van der Waals surface area contributed by atoms with E-state index in [2.05, 4.69) is 93.7 Å². The Bertz CT molecular complexity index is 1440. The summed E-state index contributed by atoms with van der Waals surface area (Å²) in [5.41, 5.74) is 0. The summed E-state index contributed by atoms with van der Waals surface area (Å²) in [6.07, 6.45) is 86.7. The molecule has 0 fully saturated rings. The zero-order valence-electron chi connectivity index (χ0n) is 51.9. The molecule has 0 heterocycles. The van der Waals surface area contributed by atoms with Crippen molar-refractivity contribution in [1.82, 2.24) is 0 Å². The summed E-state index contributed by atoms with van der Waals surface area (Å²) in [7, 11) is 0. The molecule has 0 aliphatic carbocycles. The first-order valence-electron chi connectivity index (χ1n) is 33.9. The summed E-state index contributed by atoms with van der Waals surface area (Å²) in [4.78, 5) is 38.2. The topological polar surface area (TPSA) is 78.9 Å². The molecule has 0 aromatic rings. The van der Waals surface area contributed by atoms with Gasteiger partial charge in [0.2, 0.25) is 0 Å². The minimum absolute atomic E-state index is 0.0754. The smallest absolute Gasteiger partial charge is 0.306 e. The van der Waals surface area contributed by atoms with Crippen LogP contribution >= 0.6 is 0 Å². The number of carbonyl (C=O) groups is 3. The number of allylic oxidation sites excluding steroid dienone is 12. The third-order valence-corrected chi connectivity index (χ3v) is 14.9. The van der Waals surface area contributed by atoms with Crippen LogP contribution in [0.4, 0.5) is 0 Å². The maximum atomic E-state index is 12.9. The van der Waals surface area contributed by atoms with Crippen LogP contribution in [0.3, 0.4) is 0 Å². The number of unbranched alkanes of at least 4 members (excludes halogenated alkanes) is 39. The van der Waals surface area contributed by atoms with Crippen molar-refractivity contribution in [2.45, 2.75) is 354 Å². The fraction of sp³-hybridized carbons (Fsp3) is 0.792. The van der Waals surface area contributed by atoms with E-state index in [1.165, 1.54) is 199 Å². The van der Waals surface area contributed by atoms with Crippen molar-refractivity contribution in [3.05, 3.63) is 72.9 Å². The summed E-state index contributed by atoms with van der Waals surface area (Å²) in [6.45, 7) is 6.52. The highest BCUT2D eigenvalue weighted by atomic mass is 16.6. The molecule has 0 N–H and O–H groups in total. The lowest BCUT2D eigenvalue weighted by atomic mass is 10.0. The summed E-state index contributed by atoms with van der Waals surface area (Å²) in [5.74, 6) is -0.874. The quantitative estimate of drug-likeness (QED) is 0.0261. The van der Waals surface area contributed by atoms with Gasteiger partial charge in [0.25, 0.3) is 0 Å². The second-order valence-corrected chi connectivity index (χ2v) is 22.7. The molecule has 0 bridgehead atoms. The Morgan fingerprint density at radius 1 is 0.269 bits per heavy atom. The molecule has 0 rings (SSSR count). The average Bonchev–Trinajstić information content (AvgIpc) is 3.44. The number of hydrogen-bond donors (Lipinski definition) is 0. The van der Waals surface area contributed by atoms with Crippen LogP contribution in [0.5, 0.6) is 0 Å². The highest BCUT2D eigenvalue weighted by Crippen LogP contribution is 2.18. The van der Waals surface area contributed by atoms with Crippen molar-refractivity contribution >= 4 is 17.9 Å². The zero-order chi connectivity index (χ0) is 56.4. The van der Waals surface area contributed by atoms with Crippen LogP contribution in [-0.2, 0) is 28.6 Å². The highest BCUT2D eigenvalue weighted by Gasteiger charge is 2.19. The molecule has 0 saturated heterocycles. The standard InChI is InChI=1S/C72H128O6/c1-4-7-10-13-16-19-21-23-25-27-28-29-30-31-32-33-34-35-36-37-38-39-40-41-42-43-44-45-47-48-50-53-56-59-62-65-71(74)77-68-69(67-76-70(73)64-61-58-55-52-18-15-12-9-6-3)78-72(75)66-63-60-57-54-51-49-46-26-24-22-20-17-14-11-8-5-2/h7,10,16,19-20,22-23,25-26,28-29,46,69H,4-6,8-9,11-15,17-18,21,24,27,30-45,47-68H2,1-3H3/b10-7-,19-16-,22-20-,25-23-,29-28-,46-26-. The molecule has 0 amide bonds. The Kier molecular flexibility index (Phi) is 63.7. The summed E-state index contributed by atoms with van der Waals surface area (Å²) >= 11 is 0. The third kappa shape index (κ3) is 63.7. The van der Waals surface area contributed by atoms with Crippen molar-refractivity contribution in [2.24, 2.45) is 0 Å². The highest BCUT2D eigenvalue weighted by molar-refractivity contribution is 5.71. The fourth-order valence-electron chi connectivity index (χ4n) is 9.88. The molecule has 1 unspecified atom stereocenters. The summed E-state index contributed by atoms with van der Waals surface area (Å²) < 4.78 is 16.9. The van der Waals surface area contributed by atoms with Crippen molar-refractivity contribution in [3.63, 3.8) is 0 Å². The van der Waals surface area contributed by atoms with Gasteiger partial charge in [-0.1, -0.05) is 312 Å². The first kappa shape index (κ1) is 74.8. The molecule has 1 atom stereocenters. The Labute approximate surface area is 484 Å². The molecular weight excluding hydrogens is 961 g/mol. The number of hydrogen-bond acceptors (Lipinski definition) is 6. The maximum Gasteiger partial charge on any atom is 0.306 e. The van der Waals surface area contributed by atoms with Crippen LogP contribution in [0, 0.1) is 0 Å². The molecule has 6 heteroatoms. The second-order valence-electron chi connectivity index (χ2n) is 22.7. The monoisotopic (exact) mass is 1090 g/mol. The van der Waals surface area contributed by atoms with Gasteiger partial charge < -0.3 is 14.2 Å². The SMILES string of the molecule is CC/C=C\C/C=C\C/C=C\C/C=C\CCCCCCCCCCCCCCCCCCCCCCCCC(=O)OCC(COC(=O)CCCCCCCCCCC)OC(=O)CCCCCCC/C=C\C/C=C\CCCCCC. The minimum atomic E-state index is -0.778. The zero-order valence-corrected chi connectivity index (χ0v) is 51.9. The van der Waals surface area contributed by atoms with Crippen molar-refractivity contribution in [1.29, 1.82) is 0 Å². The van der Waals surface area contributed by atoms with Crippen LogP contribution in [0.2, 0.25) is 0 Å². The molecule has 0 saturated carbocycles. The Morgan fingerprint density at radius 3 is 0.795 bits per heavy atom. The van der Waals surface area contributed by atoms with Crippen molar-refractivity contribution in [2.75, 3.05) is 13.2 Å². The summed E-state index contributed by atoms with van der Waals surface area (Å²) in [5, 5.41) is 0. The van der Waals surface area contributed by atoms with Crippen molar-refractivity contribution in [3.8, 4) is 0 Å². The Hall–Kier alpha value is -3.15. The van der Waals surface area contributed by atoms with E-state index in [1.807, 2.05) is 0 Å². The first-order chi connectivity index (χ1) is 38.5. The number of carbonyl (C=O) groups excluding carboxylic acids is 3. The van der Waals surface area contributed by atoms with E-state index in [0.717, 1.165) is 109 Å². The van der Waals surface area contributed by atoms with Crippen LogP contribution in [0.25, 0.3) is 0 Å². The minimum Gasteiger partial charge on any atom is -0.462 e. The normalized spacial score (nSPS) is 12.5. The van der Waals surface area contributed by atoms with Gasteiger partial charge in [-0.2, -0.15) is 0 Å². The van der Waals surface area contributed by atoms with Gasteiger partial charge in [0, 0.05) is 19.3 Å². The predicted molar refractivity (Wildman–Crippen MR) is 339 cm³/mol. The lowest BCUT2D eigenvalue weighted by molar-refractivity contribution is -0.167. The van der Waals surface area contributed by atoms with E-state index < -0.39 is 6.10 Å². The lowest BCUT2D eigenvalue weighted by Gasteiger charge is -2.18.